The van der Waals surface area contributed by atoms with Crippen LogP contribution in [0.15, 0.2) is 66.0 Å². The molecule has 12 nitrogen and oxygen atoms in total. The van der Waals surface area contributed by atoms with Gasteiger partial charge in [-0.1, -0.05) is 25.1 Å². The normalized spacial score (nSPS) is 20.8. The number of benzene rings is 2. The number of rotatable bonds is 10. The van der Waals surface area contributed by atoms with Gasteiger partial charge in [0, 0.05) is 27.4 Å². The number of carbonyl (C=O) groups excluding carboxylic acids is 3. The predicted molar refractivity (Wildman–Crippen MR) is 156 cm³/mol. The summed E-state index contributed by atoms with van der Waals surface area (Å²) in [5, 5.41) is 19.8. The molecule has 0 unspecified atom stereocenters. The number of ether oxygens (including phenoxy) is 1. The molecule has 220 valence electrons. The monoisotopic (exact) mass is 610 g/mol. The molecule has 1 aliphatic carbocycles. The average molecular weight is 611 g/mol. The maximum absolute atomic E-state index is 13.2. The summed E-state index contributed by atoms with van der Waals surface area (Å²) >= 11 is 1.25. The van der Waals surface area contributed by atoms with E-state index in [2.05, 4.69) is 10.6 Å². The highest BCUT2D eigenvalue weighted by molar-refractivity contribution is 7.87. The van der Waals surface area contributed by atoms with E-state index in [1.165, 1.54) is 11.3 Å². The first-order chi connectivity index (χ1) is 19.9. The molecule has 0 radical (unpaired) electrons. The van der Waals surface area contributed by atoms with Crippen molar-refractivity contribution in [3.8, 4) is 11.5 Å². The molecule has 2 aromatic carbocycles. The molecule has 1 saturated carbocycles. The van der Waals surface area contributed by atoms with Crippen LogP contribution in [0, 0.1) is 10.8 Å². The Morgan fingerprint density at radius 3 is 2.43 bits per heavy atom. The number of fused-ring (bicyclic) bond motifs is 1. The van der Waals surface area contributed by atoms with Crippen LogP contribution in [0.3, 0.4) is 0 Å². The number of hydrogen-bond acceptors (Lipinski definition) is 8. The minimum atomic E-state index is -4.07. The number of para-hydroxylation sites is 1. The number of piperidine rings is 1. The van der Waals surface area contributed by atoms with Crippen molar-refractivity contribution in [2.24, 2.45) is 10.6 Å². The van der Waals surface area contributed by atoms with Crippen LogP contribution in [0.5, 0.6) is 11.5 Å². The first-order valence-corrected chi connectivity index (χ1v) is 15.5. The maximum atomic E-state index is 13.2. The summed E-state index contributed by atoms with van der Waals surface area (Å²) in [5.41, 5.74) is 0.553. The Bertz CT molecular complexity index is 1630. The van der Waals surface area contributed by atoms with Gasteiger partial charge in [-0.3, -0.25) is 24.5 Å². The zero-order valence-corrected chi connectivity index (χ0v) is 24.3. The van der Waals surface area contributed by atoms with Crippen molar-refractivity contribution in [2.45, 2.75) is 38.4 Å². The summed E-state index contributed by atoms with van der Waals surface area (Å²) in [6, 6.07) is 16.7. The Kier molecular flexibility index (Phi) is 8.03. The van der Waals surface area contributed by atoms with E-state index in [-0.39, 0.29) is 42.2 Å². The van der Waals surface area contributed by atoms with Gasteiger partial charge in [-0.15, -0.1) is 11.3 Å². The molecule has 2 fully saturated rings. The van der Waals surface area contributed by atoms with Crippen LogP contribution < -0.4 is 25.2 Å². The number of hydrogen-bond donors (Lipinski definition) is 5. The Balaban J connectivity index is 1.14. The molecule has 3 atom stereocenters. The molecule has 1 aliphatic heterocycles. The van der Waals surface area contributed by atoms with Crippen molar-refractivity contribution in [3.05, 3.63) is 82.0 Å². The van der Waals surface area contributed by atoms with Crippen LogP contribution in [0.4, 0.5) is 0 Å². The van der Waals surface area contributed by atoms with Crippen molar-refractivity contribution in [2.75, 3.05) is 6.54 Å². The summed E-state index contributed by atoms with van der Waals surface area (Å²) in [5.74, 6) is -0.182. The third-order valence-corrected chi connectivity index (χ3v) is 8.77. The van der Waals surface area contributed by atoms with Crippen LogP contribution in [0.2, 0.25) is 0 Å². The van der Waals surface area contributed by atoms with E-state index >= 15 is 0 Å². The molecule has 3 aromatic rings. The number of amides is 3. The van der Waals surface area contributed by atoms with Gasteiger partial charge in [-0.2, -0.15) is 8.42 Å². The molecular weight excluding hydrogens is 580 g/mol. The molecule has 42 heavy (non-hydrogen) atoms. The summed E-state index contributed by atoms with van der Waals surface area (Å²) in [4.78, 5) is 41.4. The third kappa shape index (κ3) is 6.78. The third-order valence-electron chi connectivity index (χ3n) is 7.35. The largest absolute Gasteiger partial charge is 0.457 e. The van der Waals surface area contributed by atoms with Gasteiger partial charge in [0.25, 0.3) is 16.1 Å². The summed E-state index contributed by atoms with van der Waals surface area (Å²) in [7, 11) is -4.07. The van der Waals surface area contributed by atoms with Gasteiger partial charge in [0.05, 0.1) is 13.1 Å². The second-order valence-corrected chi connectivity index (χ2v) is 12.8. The standard InChI is InChI=1S/C28H30N6O6S2/c1-28-12-22(27(37)31-14-21-11-18(16-41-21)25(29)33-42(30,38)39)34(23(28)13-28)24(35)15-32-26(36)17-7-9-20(10-8-17)40-19-5-3-2-4-6-19/h2-11,16,22-23H,12-15H2,1H3,(H2,29,33)(H,31,37)(H,32,36)(H2,30,38,39)/t22-,23-,28+/m0/s1. The quantitative estimate of drug-likeness (QED) is 0.173. The van der Waals surface area contributed by atoms with E-state index in [0.717, 1.165) is 6.42 Å². The highest BCUT2D eigenvalue weighted by Crippen LogP contribution is 2.59. The molecule has 0 spiro atoms. The average Bonchev–Trinajstić information content (AvgIpc) is 3.26. The van der Waals surface area contributed by atoms with Gasteiger partial charge in [0.2, 0.25) is 11.8 Å². The number of thiophene rings is 1. The Labute approximate surface area is 246 Å². The van der Waals surface area contributed by atoms with E-state index < -0.39 is 22.2 Å². The lowest BCUT2D eigenvalue weighted by Crippen LogP contribution is -2.50. The van der Waals surface area contributed by atoms with Crippen LogP contribution in [-0.4, -0.2) is 55.5 Å². The lowest BCUT2D eigenvalue weighted by molar-refractivity contribution is -0.139. The van der Waals surface area contributed by atoms with Gasteiger partial charge < -0.3 is 20.3 Å². The molecule has 1 aromatic heterocycles. The van der Waals surface area contributed by atoms with Crippen LogP contribution in [-0.2, 0) is 26.3 Å². The number of carbonyl (C=O) groups is 3. The Morgan fingerprint density at radius 1 is 1.05 bits per heavy atom. The smallest absolute Gasteiger partial charge is 0.297 e. The SMILES string of the molecule is C[C@@]12C[C@@H]1N(C(=O)CNC(=O)c1ccc(Oc3ccccc3)cc1)[C@H](C(=O)NCc1cc(C(=N)NS(N)(=O)=O)cs1)C2. The second-order valence-electron chi connectivity index (χ2n) is 10.6. The minimum Gasteiger partial charge on any atom is -0.457 e. The van der Waals surface area contributed by atoms with E-state index in [1.807, 2.05) is 42.0 Å². The zero-order chi connectivity index (χ0) is 30.1. The van der Waals surface area contributed by atoms with Gasteiger partial charge in [-0.05, 0) is 60.7 Å². The highest BCUT2D eigenvalue weighted by Gasteiger charge is 2.64. The summed E-state index contributed by atoms with van der Waals surface area (Å²) < 4.78 is 30.0. The van der Waals surface area contributed by atoms with Gasteiger partial charge in [0.15, 0.2) is 0 Å². The Hall–Kier alpha value is -4.27. The number of amidine groups is 1. The van der Waals surface area contributed by atoms with Gasteiger partial charge in [-0.25, -0.2) is 5.14 Å². The van der Waals surface area contributed by atoms with Crippen LogP contribution >= 0.6 is 11.3 Å². The summed E-state index contributed by atoms with van der Waals surface area (Å²) in [6.45, 7) is 1.94. The Morgan fingerprint density at radius 2 is 1.74 bits per heavy atom. The van der Waals surface area contributed by atoms with Gasteiger partial charge in [0.1, 0.15) is 23.4 Å². The fraction of sp³-hybridized carbons (Fsp3) is 0.286. The lowest BCUT2D eigenvalue weighted by Gasteiger charge is -2.27. The van der Waals surface area contributed by atoms with Crippen molar-refractivity contribution in [3.63, 3.8) is 0 Å². The fourth-order valence-corrected chi connectivity index (χ4v) is 6.32. The number of nitrogens with one attached hydrogen (secondary N) is 4. The topological polar surface area (TPSA) is 184 Å². The molecule has 2 heterocycles. The predicted octanol–water partition coefficient (Wildman–Crippen LogP) is 2.08. The van der Waals surface area contributed by atoms with Crippen molar-refractivity contribution >= 4 is 45.1 Å². The first-order valence-electron chi connectivity index (χ1n) is 13.1. The van der Waals surface area contributed by atoms with E-state index in [1.54, 1.807) is 40.6 Å². The van der Waals surface area contributed by atoms with E-state index in [9.17, 15) is 22.8 Å². The fourth-order valence-electron chi connectivity index (χ4n) is 5.11. The molecule has 5 rings (SSSR count). The van der Waals surface area contributed by atoms with E-state index in [4.69, 9.17) is 15.3 Å². The van der Waals surface area contributed by atoms with Crippen LogP contribution in [0.1, 0.15) is 40.6 Å². The number of likely N-dealkylation sites (tertiary alicyclic amines) is 1. The summed E-state index contributed by atoms with van der Waals surface area (Å²) in [6.07, 6.45) is 1.32. The molecule has 14 heteroatoms. The molecule has 2 aliphatic rings. The molecule has 1 saturated heterocycles. The van der Waals surface area contributed by atoms with Gasteiger partial charge >= 0.3 is 0 Å². The molecule has 0 bridgehead atoms. The highest BCUT2D eigenvalue weighted by atomic mass is 32.2. The maximum Gasteiger partial charge on any atom is 0.297 e. The minimum absolute atomic E-state index is 0.0647. The lowest BCUT2D eigenvalue weighted by atomic mass is 10.0. The van der Waals surface area contributed by atoms with E-state index in [0.29, 0.717) is 33.9 Å². The van der Waals surface area contributed by atoms with Crippen molar-refractivity contribution in [1.82, 2.24) is 20.3 Å². The number of nitrogens with zero attached hydrogens (tertiary/aromatic N) is 1. The molecule has 3 amide bonds. The zero-order valence-electron chi connectivity index (χ0n) is 22.6. The van der Waals surface area contributed by atoms with Crippen molar-refractivity contribution < 1.29 is 27.5 Å². The first kappa shape index (κ1) is 29.2. The molecule has 6 N–H and O–H groups in total. The molecular formula is C28H30N6O6S2. The van der Waals surface area contributed by atoms with Crippen LogP contribution in [0.25, 0.3) is 0 Å². The second kappa shape index (κ2) is 11.5. The number of nitrogens with two attached hydrogens (primary N) is 1. The van der Waals surface area contributed by atoms with Crippen molar-refractivity contribution in [1.29, 1.82) is 5.41 Å².